The molecule has 1 aromatic carbocycles. The second-order valence-electron chi connectivity index (χ2n) is 6.07. The Morgan fingerprint density at radius 2 is 2.13 bits per heavy atom. The maximum absolute atomic E-state index is 12.7. The fraction of sp³-hybridized carbons (Fsp3) is 0.444. The van der Waals surface area contributed by atoms with Crippen molar-refractivity contribution in [2.75, 3.05) is 16.8 Å². The minimum absolute atomic E-state index is 0.0531. The van der Waals surface area contributed by atoms with Crippen molar-refractivity contribution in [1.82, 2.24) is 9.78 Å². The van der Waals surface area contributed by atoms with Gasteiger partial charge in [0.2, 0.25) is 5.91 Å². The van der Waals surface area contributed by atoms with E-state index in [4.69, 9.17) is 0 Å². The van der Waals surface area contributed by atoms with Crippen LogP contribution < -0.4 is 10.2 Å². The van der Waals surface area contributed by atoms with Crippen LogP contribution in [-0.2, 0) is 18.3 Å². The SMILES string of the molecule is CCCc1cc(NC(=O)C2CCCN2c2ccccc2)n(C)n1. The Bertz CT molecular complexity index is 665. The first kappa shape index (κ1) is 15.6. The molecule has 1 amide bonds. The van der Waals surface area contributed by atoms with Crippen LogP contribution in [-0.4, -0.2) is 28.3 Å². The number of nitrogens with one attached hydrogen (secondary N) is 1. The Balaban J connectivity index is 1.72. The van der Waals surface area contributed by atoms with Crippen LogP contribution in [0.1, 0.15) is 31.9 Å². The zero-order chi connectivity index (χ0) is 16.2. The third-order valence-corrected chi connectivity index (χ3v) is 4.33. The van der Waals surface area contributed by atoms with Gasteiger partial charge in [-0.1, -0.05) is 31.5 Å². The van der Waals surface area contributed by atoms with Gasteiger partial charge in [0.15, 0.2) is 0 Å². The van der Waals surface area contributed by atoms with E-state index >= 15 is 0 Å². The predicted molar refractivity (Wildman–Crippen MR) is 92.6 cm³/mol. The number of para-hydroxylation sites is 1. The summed E-state index contributed by atoms with van der Waals surface area (Å²) in [4.78, 5) is 14.9. The first-order valence-electron chi connectivity index (χ1n) is 8.34. The molecule has 2 aromatic rings. The normalized spacial score (nSPS) is 17.5. The number of benzene rings is 1. The number of carbonyl (C=O) groups is 1. The van der Waals surface area contributed by atoms with E-state index in [1.54, 1.807) is 4.68 Å². The molecule has 1 unspecified atom stereocenters. The lowest BCUT2D eigenvalue weighted by molar-refractivity contribution is -0.117. The molecule has 5 nitrogen and oxygen atoms in total. The number of carbonyl (C=O) groups excluding carboxylic acids is 1. The maximum atomic E-state index is 12.7. The lowest BCUT2D eigenvalue weighted by Gasteiger charge is -2.25. The number of nitrogens with zero attached hydrogens (tertiary/aromatic N) is 3. The van der Waals surface area contributed by atoms with E-state index in [9.17, 15) is 4.79 Å². The van der Waals surface area contributed by atoms with Gasteiger partial charge in [0.05, 0.1) is 5.69 Å². The monoisotopic (exact) mass is 312 g/mol. The smallest absolute Gasteiger partial charge is 0.248 e. The first-order chi connectivity index (χ1) is 11.2. The fourth-order valence-electron chi connectivity index (χ4n) is 3.20. The molecule has 1 fully saturated rings. The molecular formula is C18H24N4O. The zero-order valence-corrected chi connectivity index (χ0v) is 13.8. The van der Waals surface area contributed by atoms with Crippen LogP contribution in [0.15, 0.2) is 36.4 Å². The van der Waals surface area contributed by atoms with Crippen LogP contribution >= 0.6 is 0 Å². The highest BCUT2D eigenvalue weighted by Crippen LogP contribution is 2.26. The lowest BCUT2D eigenvalue weighted by atomic mass is 10.2. The summed E-state index contributed by atoms with van der Waals surface area (Å²) in [6.07, 6.45) is 3.91. The molecule has 5 heteroatoms. The fourth-order valence-corrected chi connectivity index (χ4v) is 3.20. The van der Waals surface area contributed by atoms with E-state index < -0.39 is 0 Å². The Labute approximate surface area is 137 Å². The highest BCUT2D eigenvalue weighted by Gasteiger charge is 2.31. The molecule has 3 rings (SSSR count). The van der Waals surface area contributed by atoms with Crippen molar-refractivity contribution in [1.29, 1.82) is 0 Å². The molecule has 2 heterocycles. The van der Waals surface area contributed by atoms with Gasteiger partial charge in [0, 0.05) is 25.3 Å². The van der Waals surface area contributed by atoms with E-state index in [0.717, 1.165) is 49.4 Å². The average Bonchev–Trinajstić information content (AvgIpc) is 3.16. The largest absolute Gasteiger partial charge is 0.360 e. The van der Waals surface area contributed by atoms with E-state index in [1.165, 1.54) is 0 Å². The van der Waals surface area contributed by atoms with Gasteiger partial charge in [0.25, 0.3) is 0 Å². The van der Waals surface area contributed by atoms with E-state index in [1.807, 2.05) is 31.3 Å². The molecule has 122 valence electrons. The summed E-state index contributed by atoms with van der Waals surface area (Å²) in [5, 5.41) is 7.50. The summed E-state index contributed by atoms with van der Waals surface area (Å²) in [7, 11) is 1.87. The summed E-state index contributed by atoms with van der Waals surface area (Å²) in [5.41, 5.74) is 2.14. The number of anilines is 2. The third kappa shape index (κ3) is 3.38. The maximum Gasteiger partial charge on any atom is 0.248 e. The van der Waals surface area contributed by atoms with Gasteiger partial charge < -0.3 is 10.2 Å². The van der Waals surface area contributed by atoms with Crippen molar-refractivity contribution < 1.29 is 4.79 Å². The van der Waals surface area contributed by atoms with Gasteiger partial charge in [-0.25, -0.2) is 0 Å². The minimum atomic E-state index is -0.109. The molecule has 1 aliphatic rings. The van der Waals surface area contributed by atoms with Gasteiger partial charge in [0.1, 0.15) is 11.9 Å². The zero-order valence-electron chi connectivity index (χ0n) is 13.8. The molecular weight excluding hydrogens is 288 g/mol. The average molecular weight is 312 g/mol. The Morgan fingerprint density at radius 1 is 1.35 bits per heavy atom. The topological polar surface area (TPSA) is 50.2 Å². The Morgan fingerprint density at radius 3 is 2.87 bits per heavy atom. The van der Waals surface area contributed by atoms with E-state index in [2.05, 4.69) is 34.4 Å². The second-order valence-corrected chi connectivity index (χ2v) is 6.07. The molecule has 1 N–H and O–H groups in total. The lowest BCUT2D eigenvalue weighted by Crippen LogP contribution is -2.40. The van der Waals surface area contributed by atoms with Crippen molar-refractivity contribution in [2.45, 2.75) is 38.6 Å². The molecule has 0 saturated carbocycles. The van der Waals surface area contributed by atoms with Crippen molar-refractivity contribution in [2.24, 2.45) is 7.05 Å². The first-order valence-corrected chi connectivity index (χ1v) is 8.34. The number of amides is 1. The standard InChI is InChI=1S/C18H24N4O/c1-3-8-14-13-17(21(2)20-14)19-18(23)16-11-7-12-22(16)15-9-5-4-6-10-15/h4-6,9-10,13,16H,3,7-8,11-12H2,1-2H3,(H,19,23). The van der Waals surface area contributed by atoms with Crippen LogP contribution in [0.4, 0.5) is 11.5 Å². The highest BCUT2D eigenvalue weighted by atomic mass is 16.2. The molecule has 0 bridgehead atoms. The number of rotatable bonds is 5. The molecule has 0 aliphatic carbocycles. The molecule has 1 aromatic heterocycles. The second kappa shape index (κ2) is 6.86. The molecule has 1 saturated heterocycles. The summed E-state index contributed by atoms with van der Waals surface area (Å²) in [5.74, 6) is 0.829. The number of aromatic nitrogens is 2. The van der Waals surface area contributed by atoms with Crippen molar-refractivity contribution >= 4 is 17.4 Å². The van der Waals surface area contributed by atoms with Crippen LogP contribution in [0.5, 0.6) is 0 Å². The van der Waals surface area contributed by atoms with E-state index in [0.29, 0.717) is 0 Å². The molecule has 0 radical (unpaired) electrons. The van der Waals surface area contributed by atoms with Gasteiger partial charge in [-0.3, -0.25) is 9.48 Å². The van der Waals surface area contributed by atoms with Crippen molar-refractivity contribution in [3.05, 3.63) is 42.1 Å². The van der Waals surface area contributed by atoms with E-state index in [-0.39, 0.29) is 11.9 Å². The molecule has 1 atom stereocenters. The van der Waals surface area contributed by atoms with Crippen molar-refractivity contribution in [3.8, 4) is 0 Å². The van der Waals surface area contributed by atoms with Crippen LogP contribution in [0.2, 0.25) is 0 Å². The van der Waals surface area contributed by atoms with Gasteiger partial charge in [-0.05, 0) is 31.4 Å². The van der Waals surface area contributed by atoms with Crippen molar-refractivity contribution in [3.63, 3.8) is 0 Å². The summed E-state index contributed by atoms with van der Waals surface area (Å²) in [6, 6.07) is 12.0. The minimum Gasteiger partial charge on any atom is -0.360 e. The molecule has 23 heavy (non-hydrogen) atoms. The van der Waals surface area contributed by atoms with Gasteiger partial charge >= 0.3 is 0 Å². The summed E-state index contributed by atoms with van der Waals surface area (Å²) >= 11 is 0. The number of aryl methyl sites for hydroxylation is 2. The number of hydrogen-bond acceptors (Lipinski definition) is 3. The van der Waals surface area contributed by atoms with Gasteiger partial charge in [-0.15, -0.1) is 0 Å². The summed E-state index contributed by atoms with van der Waals surface area (Å²) < 4.78 is 1.75. The Kier molecular flexibility index (Phi) is 4.65. The van der Waals surface area contributed by atoms with Crippen LogP contribution in [0.3, 0.4) is 0 Å². The quantitative estimate of drug-likeness (QED) is 0.923. The predicted octanol–water partition coefficient (Wildman–Crippen LogP) is 2.98. The highest BCUT2D eigenvalue weighted by molar-refractivity contribution is 5.96. The van der Waals surface area contributed by atoms with Crippen LogP contribution in [0, 0.1) is 0 Å². The number of hydrogen-bond donors (Lipinski definition) is 1. The van der Waals surface area contributed by atoms with Crippen LogP contribution in [0.25, 0.3) is 0 Å². The molecule has 1 aliphatic heterocycles. The third-order valence-electron chi connectivity index (χ3n) is 4.33. The Hall–Kier alpha value is -2.30. The molecule has 0 spiro atoms. The van der Waals surface area contributed by atoms with Gasteiger partial charge in [-0.2, -0.15) is 5.10 Å². The summed E-state index contributed by atoms with van der Waals surface area (Å²) in [6.45, 7) is 3.05.